The highest BCUT2D eigenvalue weighted by Gasteiger charge is 2.25. The van der Waals surface area contributed by atoms with Gasteiger partial charge in [-0.2, -0.15) is 0 Å². The molecule has 604 valence electrons. The monoisotopic (exact) mass is 1660 g/mol. The number of H-pyrrole nitrogens is 3. The lowest BCUT2D eigenvalue weighted by Crippen LogP contribution is -2.19. The van der Waals surface area contributed by atoms with Crippen LogP contribution in [0.5, 0.6) is 11.5 Å². The lowest BCUT2D eigenvalue weighted by Gasteiger charge is -2.20. The van der Waals surface area contributed by atoms with Crippen LogP contribution in [0.3, 0.4) is 0 Å². The Morgan fingerprint density at radius 2 is 0.867 bits per heavy atom. The van der Waals surface area contributed by atoms with E-state index in [9.17, 15) is 37.5 Å². The maximum absolute atomic E-state index is 13.4. The number of methoxy groups -OCH3 is 4. The molecule has 4 heterocycles. The maximum Gasteiger partial charge on any atom is 0.337 e. The van der Waals surface area contributed by atoms with Gasteiger partial charge in [-0.15, -0.1) is 0 Å². The molecule has 16 rings (SSSR count). The first-order valence-corrected chi connectivity index (χ1v) is 39.0. The van der Waals surface area contributed by atoms with Crippen LogP contribution in [0.15, 0.2) is 285 Å². The van der Waals surface area contributed by atoms with E-state index in [1.54, 1.807) is 136 Å². The third-order valence-corrected chi connectivity index (χ3v) is 20.8. The van der Waals surface area contributed by atoms with Gasteiger partial charge in [0.25, 0.3) is 17.7 Å². The highest BCUT2D eigenvalue weighted by atomic mass is 32.1. The van der Waals surface area contributed by atoms with Crippen molar-refractivity contribution in [1.82, 2.24) is 28.7 Å². The van der Waals surface area contributed by atoms with Crippen LogP contribution in [0.2, 0.25) is 0 Å². The van der Waals surface area contributed by atoms with Gasteiger partial charge in [0.2, 0.25) is 0 Å². The van der Waals surface area contributed by atoms with E-state index in [-0.39, 0.29) is 35.7 Å². The first-order valence-electron chi connectivity index (χ1n) is 37.8. The van der Waals surface area contributed by atoms with Gasteiger partial charge in [-0.25, -0.2) is 18.4 Å². The SMILES string of the molecule is C=C1Nc2cc(C(=O)Nc3cccc(F)c3)ccc2N1Cc1ccccc1C.COC(=O)c1cccc(NC(=O)c2ccc3[nH]c(=S)n(Cc4ccccc4OC)c3c2)c1.COC(=O)c1cccc(NC(=O)c2ccc3c(c2)[nH]c(=S)n3CCc2ccccc2)c1.COc1ccccc1Cn1c(=S)[nH]c2cc(C(=O)Cc3cccc(F)c3)ccc21. The van der Waals surface area contributed by atoms with Crippen molar-refractivity contribution in [2.24, 2.45) is 0 Å². The zero-order chi connectivity index (χ0) is 84.5. The molecular weight excluding hydrogens is 1580 g/mol. The molecule has 0 unspecified atom stereocenters. The number of halogens is 2. The Morgan fingerprint density at radius 3 is 1.44 bits per heavy atom. The summed E-state index contributed by atoms with van der Waals surface area (Å²) in [6.07, 6.45) is 1.01. The number of imidazole rings is 3. The molecule has 0 bridgehead atoms. The number of amides is 3. The second-order valence-electron chi connectivity index (χ2n) is 27.7. The van der Waals surface area contributed by atoms with Crippen LogP contribution >= 0.6 is 36.7 Å². The summed E-state index contributed by atoms with van der Waals surface area (Å²) in [4.78, 5) is 85.9. The second-order valence-corrected chi connectivity index (χ2v) is 28.9. The molecule has 120 heavy (non-hydrogen) atoms. The van der Waals surface area contributed by atoms with Crippen molar-refractivity contribution < 1.29 is 56.5 Å². The van der Waals surface area contributed by atoms with Gasteiger partial charge in [0, 0.05) is 70.0 Å². The van der Waals surface area contributed by atoms with E-state index in [4.69, 9.17) is 55.6 Å². The number of Topliss-reactive ketones (excluding diaryl/α,β-unsaturated/α-hetero) is 1. The number of fused-ring (bicyclic) bond motifs is 4. The Kier molecular flexibility index (Phi) is 26.8. The van der Waals surface area contributed by atoms with E-state index in [1.807, 2.05) is 117 Å². The van der Waals surface area contributed by atoms with Gasteiger partial charge < -0.3 is 73.8 Å². The fraction of sp³-hybridized carbons (Fsp3) is 0.117. The molecule has 21 nitrogen and oxygen atoms in total. The van der Waals surface area contributed by atoms with Gasteiger partial charge in [-0.3, -0.25) is 19.2 Å². The number of aryl methyl sites for hydroxylation is 3. The number of nitrogens with zero attached hydrogens (tertiary/aromatic N) is 4. The number of carbonyl (C=O) groups is 6. The molecule has 12 aromatic carbocycles. The molecule has 7 N–H and O–H groups in total. The summed E-state index contributed by atoms with van der Waals surface area (Å²) in [6.45, 7) is 8.68. The molecule has 3 aromatic heterocycles. The number of hydrogen-bond donors (Lipinski definition) is 7. The maximum atomic E-state index is 13.4. The van der Waals surface area contributed by atoms with Crippen LogP contribution in [-0.4, -0.2) is 92.5 Å². The zero-order valence-corrected chi connectivity index (χ0v) is 68.2. The molecule has 26 heteroatoms. The number of carbonyl (C=O) groups excluding carboxylic acids is 6. The lowest BCUT2D eigenvalue weighted by molar-refractivity contribution is 0.0592. The van der Waals surface area contributed by atoms with Crippen molar-refractivity contribution in [2.45, 2.75) is 45.9 Å². The van der Waals surface area contributed by atoms with Gasteiger partial charge in [-0.05, 0) is 224 Å². The summed E-state index contributed by atoms with van der Waals surface area (Å²) in [6, 6.07) is 80.8. The molecule has 0 fully saturated rings. The quantitative estimate of drug-likeness (QED) is 0.0189. The Labute approximate surface area is 704 Å². The van der Waals surface area contributed by atoms with E-state index in [0.717, 1.165) is 85.9 Å². The van der Waals surface area contributed by atoms with Gasteiger partial charge in [-0.1, -0.05) is 128 Å². The average Bonchev–Trinajstić information content (AvgIpc) is 1.66. The Morgan fingerprint density at radius 1 is 0.408 bits per heavy atom. The molecule has 3 amide bonds. The van der Waals surface area contributed by atoms with Crippen LogP contribution in [-0.2, 0) is 48.5 Å². The summed E-state index contributed by atoms with van der Waals surface area (Å²) in [5.74, 6) is -0.278. The van der Waals surface area contributed by atoms with Crippen LogP contribution in [0.4, 0.5) is 37.2 Å². The molecule has 0 radical (unpaired) electrons. The van der Waals surface area contributed by atoms with Crippen molar-refractivity contribution in [1.29, 1.82) is 0 Å². The lowest BCUT2D eigenvalue weighted by atomic mass is 10.0. The fourth-order valence-electron chi connectivity index (χ4n) is 13.7. The van der Waals surface area contributed by atoms with Crippen LogP contribution in [0.1, 0.15) is 95.5 Å². The summed E-state index contributed by atoms with van der Waals surface area (Å²) in [5, 5.41) is 11.6. The van der Waals surface area contributed by atoms with Gasteiger partial charge in [0.05, 0.1) is 97.1 Å². The number of aromatic amines is 3. The summed E-state index contributed by atoms with van der Waals surface area (Å²) in [5.41, 5.74) is 17.3. The van der Waals surface area contributed by atoms with Crippen molar-refractivity contribution in [3.05, 3.63) is 378 Å². The average molecular weight is 1660 g/mol. The molecule has 1 aliphatic rings. The third kappa shape index (κ3) is 20.3. The predicted octanol–water partition coefficient (Wildman–Crippen LogP) is 20.4. The van der Waals surface area contributed by atoms with Crippen molar-refractivity contribution in [2.75, 3.05) is 54.6 Å². The topological polar surface area (TPSA) is 253 Å². The van der Waals surface area contributed by atoms with Gasteiger partial charge in [0.15, 0.2) is 20.1 Å². The zero-order valence-electron chi connectivity index (χ0n) is 65.8. The second kappa shape index (κ2) is 38.5. The van der Waals surface area contributed by atoms with E-state index < -0.39 is 17.8 Å². The molecule has 0 aliphatic carbocycles. The van der Waals surface area contributed by atoms with Crippen LogP contribution in [0, 0.1) is 32.9 Å². The third-order valence-electron chi connectivity index (χ3n) is 19.8. The molecule has 0 saturated carbocycles. The van der Waals surface area contributed by atoms with Crippen molar-refractivity contribution in [3.8, 4) is 11.5 Å². The first-order chi connectivity index (χ1) is 58.1. The Bertz CT molecular complexity index is 6590. The number of anilines is 5. The number of rotatable bonds is 22. The minimum absolute atomic E-state index is 0.0747. The fourth-order valence-corrected chi connectivity index (χ4v) is 14.5. The number of esters is 2. The number of aromatic nitrogens is 6. The largest absolute Gasteiger partial charge is 0.496 e. The number of benzene rings is 12. The highest BCUT2D eigenvalue weighted by Crippen LogP contribution is 2.38. The standard InChI is InChI=1S/C24H21N3O4S.C24H21N3O3S.C23H20FN3O.C23H19FN2O2S/c1-30-21-9-4-3-6-17(21)14-27-20-13-15(10-11-19(20)26-24(27)32)22(28)25-18-8-5-7-16(12-18)23(29)31-2;1-30-23(29)18-8-5-9-19(14-18)25-22(28)17-10-11-21-20(15-17)26-24(31)27(21)13-12-16-6-3-2-4-7-16;1-15-6-3-4-7-18(15)14-27-16(2)25-21-12-17(10-11-22(21)27)23(28)26-20-9-5-8-19(24)13-20;1-28-22-8-3-2-6-17(22)14-26-20-10-9-16(13-19(20)25-23(26)29)21(27)12-15-5-4-7-18(24)11-15/h3-13H,14H2,1-2H3,(H,25,28)(H,26,32);2-11,14-15H,12-13H2,1H3,(H,25,28)(H,26,31);3-13,25H,2,14H2,1H3,(H,26,28);2-11,13H,12,14H2,1H3,(H,25,29). The van der Waals surface area contributed by atoms with Gasteiger partial charge >= 0.3 is 11.9 Å². The molecule has 0 spiro atoms. The normalized spacial score (nSPS) is 11.2. The molecular formula is C94H81F2N11O10S3. The Balaban J connectivity index is 0.000000138. The summed E-state index contributed by atoms with van der Waals surface area (Å²) < 4.78 is 54.7. The van der Waals surface area contributed by atoms with Gasteiger partial charge in [0.1, 0.15) is 29.0 Å². The molecule has 0 saturated heterocycles. The van der Waals surface area contributed by atoms with E-state index in [0.29, 0.717) is 90.0 Å². The molecule has 15 aromatic rings. The summed E-state index contributed by atoms with van der Waals surface area (Å²) >= 11 is 16.5. The van der Waals surface area contributed by atoms with Crippen LogP contribution in [0.25, 0.3) is 33.1 Å². The van der Waals surface area contributed by atoms with E-state index >= 15 is 0 Å². The number of ketones is 1. The van der Waals surface area contributed by atoms with Crippen LogP contribution < -0.4 is 35.6 Å². The predicted molar refractivity (Wildman–Crippen MR) is 473 cm³/mol. The minimum Gasteiger partial charge on any atom is -0.496 e. The number of nitrogens with one attached hydrogen (secondary N) is 7. The first kappa shape index (κ1) is 83.5. The van der Waals surface area contributed by atoms with Crippen molar-refractivity contribution in [3.63, 3.8) is 0 Å². The van der Waals surface area contributed by atoms with E-state index in [1.165, 1.54) is 55.2 Å². The Hall–Kier alpha value is -14.5. The summed E-state index contributed by atoms with van der Waals surface area (Å²) in [7, 11) is 5.90. The molecule has 1 aliphatic heterocycles. The number of hydrogen-bond acceptors (Lipinski definition) is 15. The van der Waals surface area contributed by atoms with E-state index in [2.05, 4.69) is 78.9 Å². The number of ether oxygens (including phenoxy) is 4. The highest BCUT2D eigenvalue weighted by molar-refractivity contribution is 7.71. The molecule has 0 atom stereocenters. The number of para-hydroxylation sites is 2. The minimum atomic E-state index is -0.467. The smallest absolute Gasteiger partial charge is 0.337 e. The van der Waals surface area contributed by atoms with Crippen molar-refractivity contribution >= 4 is 134 Å².